The zero-order chi connectivity index (χ0) is 11.3. The summed E-state index contributed by atoms with van der Waals surface area (Å²) in [5, 5.41) is 3.65. The van der Waals surface area contributed by atoms with Crippen molar-refractivity contribution < 1.29 is 9.53 Å². The molecule has 1 aliphatic heterocycles. The van der Waals surface area contributed by atoms with Crippen LogP contribution in [-0.4, -0.2) is 42.7 Å². The number of likely N-dealkylation sites (N-methyl/N-ethyl adjacent to an activating group) is 1. The summed E-state index contributed by atoms with van der Waals surface area (Å²) in [4.78, 5) is 11.2. The van der Waals surface area contributed by atoms with E-state index < -0.39 is 5.54 Å². The van der Waals surface area contributed by atoms with Gasteiger partial charge in [0.1, 0.15) is 0 Å². The molecule has 0 aromatic carbocycles. The Kier molecular flexibility index (Phi) is 4.89. The number of carbonyl (C=O) groups excluding carboxylic acids is 1. The molecule has 1 rings (SSSR count). The fourth-order valence-corrected chi connectivity index (χ4v) is 2.39. The molecule has 0 aliphatic carbocycles. The first kappa shape index (κ1) is 12.8. The molecule has 0 aromatic rings. The molecule has 15 heavy (non-hydrogen) atoms. The van der Waals surface area contributed by atoms with Gasteiger partial charge in [0.05, 0.1) is 24.0 Å². The summed E-state index contributed by atoms with van der Waals surface area (Å²) in [6, 6.07) is 0. The first-order chi connectivity index (χ1) is 7.08. The maximum Gasteiger partial charge on any atom is 0.237 e. The van der Waals surface area contributed by atoms with Crippen molar-refractivity contribution in [3.63, 3.8) is 0 Å². The summed E-state index contributed by atoms with van der Waals surface area (Å²) in [5.41, 5.74) is 4.77. The number of rotatable bonds is 7. The Morgan fingerprint density at radius 2 is 2.33 bits per heavy atom. The number of primary amides is 1. The Morgan fingerprint density at radius 3 is 2.73 bits per heavy atom. The molecule has 1 saturated heterocycles. The second kappa shape index (κ2) is 5.72. The van der Waals surface area contributed by atoms with Gasteiger partial charge in [-0.3, -0.25) is 4.79 Å². The van der Waals surface area contributed by atoms with Crippen molar-refractivity contribution in [3.8, 4) is 0 Å². The second-order valence-corrected chi connectivity index (χ2v) is 5.49. The number of thioether (sulfide) groups is 1. The molecule has 3 N–H and O–H groups in total. The summed E-state index contributed by atoms with van der Waals surface area (Å²) in [6.07, 6.45) is 1.79. The molecule has 5 heteroatoms. The third kappa shape index (κ3) is 3.66. The molecule has 88 valence electrons. The van der Waals surface area contributed by atoms with Crippen LogP contribution < -0.4 is 11.1 Å². The third-order valence-electron chi connectivity index (χ3n) is 2.88. The maximum atomic E-state index is 11.2. The highest BCUT2D eigenvalue weighted by Crippen LogP contribution is 2.21. The molecular weight excluding hydrogens is 212 g/mol. The Bertz CT molecular complexity index is 221. The van der Waals surface area contributed by atoms with Crippen LogP contribution in [-0.2, 0) is 9.53 Å². The average Bonchev–Trinajstić information content (AvgIpc) is 2.14. The van der Waals surface area contributed by atoms with E-state index in [4.69, 9.17) is 10.5 Å². The van der Waals surface area contributed by atoms with Gasteiger partial charge in [-0.15, -0.1) is 0 Å². The lowest BCUT2D eigenvalue weighted by Gasteiger charge is -2.27. The lowest BCUT2D eigenvalue weighted by atomic mass is 9.96. The van der Waals surface area contributed by atoms with Gasteiger partial charge in [0, 0.05) is 0 Å². The van der Waals surface area contributed by atoms with E-state index in [1.807, 2.05) is 18.7 Å². The molecule has 4 nitrogen and oxygen atoms in total. The van der Waals surface area contributed by atoms with Gasteiger partial charge in [-0.2, -0.15) is 11.8 Å². The predicted octanol–water partition coefficient (Wildman–Crippen LogP) is 0.362. The van der Waals surface area contributed by atoms with E-state index >= 15 is 0 Å². The fraction of sp³-hybridized carbons (Fsp3) is 0.900. The number of hydrogen-bond donors (Lipinski definition) is 2. The Labute approximate surface area is 95.3 Å². The van der Waals surface area contributed by atoms with Crippen LogP contribution in [0.1, 0.15) is 19.8 Å². The Morgan fingerprint density at radius 1 is 1.67 bits per heavy atom. The van der Waals surface area contributed by atoms with Crippen LogP contribution in [0.25, 0.3) is 0 Å². The first-order valence-corrected chi connectivity index (χ1v) is 6.31. The lowest BCUT2D eigenvalue weighted by Crippen LogP contribution is -2.51. The molecule has 0 bridgehead atoms. The van der Waals surface area contributed by atoms with Gasteiger partial charge in [0.15, 0.2) is 0 Å². The lowest BCUT2D eigenvalue weighted by molar-refractivity contribution is -0.123. The van der Waals surface area contributed by atoms with Gasteiger partial charge in [-0.05, 0) is 32.6 Å². The highest BCUT2D eigenvalue weighted by molar-refractivity contribution is 8.00. The molecule has 0 aromatic heterocycles. The van der Waals surface area contributed by atoms with E-state index in [0.717, 1.165) is 31.8 Å². The smallest absolute Gasteiger partial charge is 0.237 e. The summed E-state index contributed by atoms with van der Waals surface area (Å²) in [6.45, 7) is 3.61. The Balaban J connectivity index is 2.13. The van der Waals surface area contributed by atoms with Crippen LogP contribution in [0.2, 0.25) is 0 Å². The van der Waals surface area contributed by atoms with Gasteiger partial charge in [-0.1, -0.05) is 0 Å². The predicted molar refractivity (Wildman–Crippen MR) is 63.0 cm³/mol. The van der Waals surface area contributed by atoms with Crippen molar-refractivity contribution >= 4 is 17.7 Å². The minimum absolute atomic E-state index is 0.276. The molecule has 1 fully saturated rings. The summed E-state index contributed by atoms with van der Waals surface area (Å²) >= 11 is 1.92. The summed E-state index contributed by atoms with van der Waals surface area (Å²) in [7, 11) is 1.78. The van der Waals surface area contributed by atoms with Crippen LogP contribution in [0, 0.1) is 0 Å². The van der Waals surface area contributed by atoms with E-state index in [2.05, 4.69) is 5.32 Å². The van der Waals surface area contributed by atoms with Gasteiger partial charge in [0.25, 0.3) is 0 Å². The molecular formula is C10H20N2O2S. The molecule has 1 unspecified atom stereocenters. The van der Waals surface area contributed by atoms with Crippen molar-refractivity contribution in [3.05, 3.63) is 0 Å². The normalized spacial score (nSPS) is 20.7. The Hall–Kier alpha value is -0.260. The van der Waals surface area contributed by atoms with Gasteiger partial charge in [0.2, 0.25) is 5.91 Å². The monoisotopic (exact) mass is 232 g/mol. The van der Waals surface area contributed by atoms with E-state index in [9.17, 15) is 4.79 Å². The SMILES string of the molecule is CNC(C)(CCCSC1COC1)C(N)=O. The molecule has 1 atom stereocenters. The molecule has 0 saturated carbocycles. The van der Waals surface area contributed by atoms with Crippen LogP contribution in [0.3, 0.4) is 0 Å². The zero-order valence-electron chi connectivity index (χ0n) is 9.41. The highest BCUT2D eigenvalue weighted by atomic mass is 32.2. The number of nitrogens with two attached hydrogens (primary N) is 1. The topological polar surface area (TPSA) is 64.3 Å². The number of amides is 1. The minimum Gasteiger partial charge on any atom is -0.379 e. The number of carbonyl (C=O) groups is 1. The molecule has 0 spiro atoms. The van der Waals surface area contributed by atoms with Crippen LogP contribution in [0.5, 0.6) is 0 Å². The average molecular weight is 232 g/mol. The van der Waals surface area contributed by atoms with Gasteiger partial charge in [-0.25, -0.2) is 0 Å². The maximum absolute atomic E-state index is 11.2. The van der Waals surface area contributed by atoms with Crippen molar-refractivity contribution in [1.29, 1.82) is 0 Å². The zero-order valence-corrected chi connectivity index (χ0v) is 10.2. The minimum atomic E-state index is -0.559. The second-order valence-electron chi connectivity index (χ2n) is 4.08. The van der Waals surface area contributed by atoms with Crippen molar-refractivity contribution in [2.75, 3.05) is 26.0 Å². The number of hydrogen-bond acceptors (Lipinski definition) is 4. The van der Waals surface area contributed by atoms with Crippen molar-refractivity contribution in [1.82, 2.24) is 5.32 Å². The van der Waals surface area contributed by atoms with E-state index in [0.29, 0.717) is 5.25 Å². The third-order valence-corrected chi connectivity index (χ3v) is 4.15. The summed E-state index contributed by atoms with van der Waals surface area (Å²) < 4.78 is 5.08. The van der Waals surface area contributed by atoms with Crippen LogP contribution in [0.15, 0.2) is 0 Å². The summed E-state index contributed by atoms with van der Waals surface area (Å²) in [5.74, 6) is 0.792. The fourth-order valence-electron chi connectivity index (χ4n) is 1.36. The van der Waals surface area contributed by atoms with Crippen LogP contribution in [0.4, 0.5) is 0 Å². The number of ether oxygens (including phenoxy) is 1. The van der Waals surface area contributed by atoms with E-state index in [-0.39, 0.29) is 5.91 Å². The van der Waals surface area contributed by atoms with Gasteiger partial charge >= 0.3 is 0 Å². The molecule has 0 radical (unpaired) electrons. The van der Waals surface area contributed by atoms with Crippen molar-refractivity contribution in [2.24, 2.45) is 5.73 Å². The first-order valence-electron chi connectivity index (χ1n) is 5.26. The quantitative estimate of drug-likeness (QED) is 0.622. The van der Waals surface area contributed by atoms with Crippen LogP contribution >= 0.6 is 11.8 Å². The highest BCUT2D eigenvalue weighted by Gasteiger charge is 2.28. The van der Waals surface area contributed by atoms with Gasteiger partial charge < -0.3 is 15.8 Å². The molecule has 1 aliphatic rings. The van der Waals surface area contributed by atoms with Crippen molar-refractivity contribution in [2.45, 2.75) is 30.6 Å². The standard InChI is InChI=1S/C10H20N2O2S/c1-10(12-2,9(11)13)4-3-5-15-8-6-14-7-8/h8,12H,3-7H2,1-2H3,(H2,11,13). The number of nitrogens with one attached hydrogen (secondary N) is 1. The van der Waals surface area contributed by atoms with E-state index in [1.54, 1.807) is 7.05 Å². The largest absolute Gasteiger partial charge is 0.379 e. The molecule has 1 amide bonds. The molecule has 1 heterocycles. The van der Waals surface area contributed by atoms with E-state index in [1.165, 1.54) is 0 Å².